The summed E-state index contributed by atoms with van der Waals surface area (Å²) in [6.45, 7) is 0. The Morgan fingerprint density at radius 3 is 2.88 bits per heavy atom. The van der Waals surface area contributed by atoms with E-state index in [9.17, 15) is 9.18 Å². The van der Waals surface area contributed by atoms with Gasteiger partial charge in [0.25, 0.3) is 0 Å². The molecule has 2 aromatic rings. The molecule has 1 heterocycles. The monoisotopic (exact) mass is 253 g/mol. The summed E-state index contributed by atoms with van der Waals surface area (Å²) >= 11 is 5.55. The van der Waals surface area contributed by atoms with E-state index >= 15 is 0 Å². The van der Waals surface area contributed by atoms with Crippen LogP contribution in [0.2, 0.25) is 5.02 Å². The number of carbonyl (C=O) groups excluding carboxylic acids is 1. The van der Waals surface area contributed by atoms with Crippen LogP contribution in [0.1, 0.15) is 15.9 Å². The SMILES string of the molecule is Nc1[nH]ncc1C(=O)Cc1ccc(Cl)c(F)c1. The summed E-state index contributed by atoms with van der Waals surface area (Å²) < 4.78 is 13.2. The van der Waals surface area contributed by atoms with Crippen LogP contribution in [0.15, 0.2) is 24.4 Å². The van der Waals surface area contributed by atoms with E-state index in [1.54, 1.807) is 6.07 Å². The minimum absolute atomic E-state index is 0.0315. The summed E-state index contributed by atoms with van der Waals surface area (Å²) in [4.78, 5) is 11.8. The van der Waals surface area contributed by atoms with E-state index in [1.807, 2.05) is 0 Å². The number of rotatable bonds is 3. The van der Waals surface area contributed by atoms with E-state index in [1.165, 1.54) is 18.3 Å². The first-order valence-corrected chi connectivity index (χ1v) is 5.21. The highest BCUT2D eigenvalue weighted by Gasteiger charge is 2.13. The molecule has 0 aliphatic rings. The average molecular weight is 254 g/mol. The highest BCUT2D eigenvalue weighted by Crippen LogP contribution is 2.17. The zero-order valence-corrected chi connectivity index (χ0v) is 9.46. The smallest absolute Gasteiger partial charge is 0.172 e. The third kappa shape index (κ3) is 2.45. The highest BCUT2D eigenvalue weighted by atomic mass is 35.5. The molecule has 0 unspecified atom stereocenters. The molecule has 3 N–H and O–H groups in total. The number of hydrogen-bond acceptors (Lipinski definition) is 3. The van der Waals surface area contributed by atoms with E-state index in [0.717, 1.165) is 0 Å². The summed E-state index contributed by atoms with van der Waals surface area (Å²) in [6.07, 6.45) is 1.40. The predicted octanol–water partition coefficient (Wildman–Crippen LogP) is 2.21. The minimum atomic E-state index is -0.544. The largest absolute Gasteiger partial charge is 0.383 e. The second kappa shape index (κ2) is 4.55. The number of nitrogens with two attached hydrogens (primary N) is 1. The molecule has 6 heteroatoms. The van der Waals surface area contributed by atoms with Gasteiger partial charge in [-0.25, -0.2) is 4.39 Å². The van der Waals surface area contributed by atoms with Gasteiger partial charge in [0, 0.05) is 6.42 Å². The Labute approximate surface area is 102 Å². The van der Waals surface area contributed by atoms with Crippen LogP contribution in [0.5, 0.6) is 0 Å². The first-order chi connectivity index (χ1) is 8.08. The fraction of sp³-hybridized carbons (Fsp3) is 0.0909. The number of halogens is 2. The van der Waals surface area contributed by atoms with Crippen molar-refractivity contribution in [3.05, 3.63) is 46.4 Å². The normalized spacial score (nSPS) is 10.5. The number of ketones is 1. The van der Waals surface area contributed by atoms with Crippen LogP contribution in [0.3, 0.4) is 0 Å². The van der Waals surface area contributed by atoms with Crippen molar-refractivity contribution in [2.45, 2.75) is 6.42 Å². The Kier molecular flexibility index (Phi) is 3.10. The number of hydrogen-bond donors (Lipinski definition) is 2. The fourth-order valence-electron chi connectivity index (χ4n) is 1.45. The third-order valence-corrected chi connectivity index (χ3v) is 2.62. The van der Waals surface area contributed by atoms with Crippen molar-refractivity contribution < 1.29 is 9.18 Å². The van der Waals surface area contributed by atoms with Crippen molar-refractivity contribution in [3.63, 3.8) is 0 Å². The lowest BCUT2D eigenvalue weighted by Crippen LogP contribution is -2.05. The van der Waals surface area contributed by atoms with Crippen molar-refractivity contribution in [2.24, 2.45) is 0 Å². The number of nitrogens with zero attached hydrogens (tertiary/aromatic N) is 1. The molecular weight excluding hydrogens is 245 g/mol. The summed E-state index contributed by atoms with van der Waals surface area (Å²) in [7, 11) is 0. The minimum Gasteiger partial charge on any atom is -0.383 e. The van der Waals surface area contributed by atoms with Gasteiger partial charge in [-0.2, -0.15) is 5.10 Å². The topological polar surface area (TPSA) is 71.8 Å². The molecule has 0 aliphatic carbocycles. The van der Waals surface area contributed by atoms with Gasteiger partial charge in [-0.1, -0.05) is 17.7 Å². The highest BCUT2D eigenvalue weighted by molar-refractivity contribution is 6.30. The van der Waals surface area contributed by atoms with Crippen LogP contribution in [0.25, 0.3) is 0 Å². The van der Waals surface area contributed by atoms with Crippen molar-refractivity contribution in [1.82, 2.24) is 10.2 Å². The van der Waals surface area contributed by atoms with Crippen LogP contribution in [0, 0.1) is 5.82 Å². The van der Waals surface area contributed by atoms with Gasteiger partial charge < -0.3 is 5.73 Å². The zero-order chi connectivity index (χ0) is 12.4. The van der Waals surface area contributed by atoms with Gasteiger partial charge in [0.15, 0.2) is 5.78 Å². The van der Waals surface area contributed by atoms with Crippen LogP contribution in [0.4, 0.5) is 10.2 Å². The van der Waals surface area contributed by atoms with Gasteiger partial charge in [-0.3, -0.25) is 9.89 Å². The standard InChI is InChI=1S/C11H9ClFN3O/c12-8-2-1-6(3-9(8)13)4-10(17)7-5-15-16-11(7)14/h1-3,5H,4H2,(H3,14,15,16). The Bertz CT molecular complexity index is 568. The summed E-state index contributed by atoms with van der Waals surface area (Å²) in [6, 6.07) is 4.24. The van der Waals surface area contributed by atoms with Crippen LogP contribution < -0.4 is 5.73 Å². The maximum atomic E-state index is 13.2. The number of aromatic amines is 1. The molecule has 0 bridgehead atoms. The lowest BCUT2D eigenvalue weighted by molar-refractivity contribution is 0.0994. The van der Waals surface area contributed by atoms with Gasteiger partial charge in [0.2, 0.25) is 0 Å². The number of Topliss-reactive ketones (excluding diaryl/α,β-unsaturated/α-hetero) is 1. The first kappa shape index (κ1) is 11.6. The predicted molar refractivity (Wildman–Crippen MR) is 62.4 cm³/mol. The average Bonchev–Trinajstić information content (AvgIpc) is 2.70. The lowest BCUT2D eigenvalue weighted by atomic mass is 10.1. The van der Waals surface area contributed by atoms with E-state index in [-0.39, 0.29) is 23.0 Å². The molecule has 17 heavy (non-hydrogen) atoms. The molecule has 0 aliphatic heterocycles. The molecule has 88 valence electrons. The van der Waals surface area contributed by atoms with Crippen molar-refractivity contribution in [2.75, 3.05) is 5.73 Å². The molecule has 0 radical (unpaired) electrons. The quantitative estimate of drug-likeness (QED) is 0.824. The van der Waals surface area contributed by atoms with Gasteiger partial charge in [-0.15, -0.1) is 0 Å². The molecule has 0 saturated heterocycles. The Morgan fingerprint density at radius 2 is 2.29 bits per heavy atom. The summed E-state index contributed by atoms with van der Waals surface area (Å²) in [5, 5.41) is 6.15. The zero-order valence-electron chi connectivity index (χ0n) is 8.71. The van der Waals surface area contributed by atoms with Gasteiger partial charge in [0.1, 0.15) is 11.6 Å². The van der Waals surface area contributed by atoms with E-state index in [4.69, 9.17) is 17.3 Å². The maximum absolute atomic E-state index is 13.2. The summed E-state index contributed by atoms with van der Waals surface area (Å²) in [5.41, 5.74) is 6.36. The van der Waals surface area contributed by atoms with Crippen LogP contribution in [-0.4, -0.2) is 16.0 Å². The van der Waals surface area contributed by atoms with Gasteiger partial charge >= 0.3 is 0 Å². The number of nitrogens with one attached hydrogen (secondary N) is 1. The molecule has 0 fully saturated rings. The molecule has 0 atom stereocenters. The number of benzene rings is 1. The molecule has 1 aromatic heterocycles. The van der Waals surface area contributed by atoms with E-state index in [2.05, 4.69) is 10.2 Å². The molecule has 2 rings (SSSR count). The maximum Gasteiger partial charge on any atom is 0.172 e. The van der Waals surface area contributed by atoms with Crippen LogP contribution >= 0.6 is 11.6 Å². The van der Waals surface area contributed by atoms with E-state index in [0.29, 0.717) is 11.1 Å². The second-order valence-electron chi connectivity index (χ2n) is 3.55. The fourth-order valence-corrected chi connectivity index (χ4v) is 1.57. The Balaban J connectivity index is 2.19. The number of nitrogen functional groups attached to an aromatic ring is 1. The lowest BCUT2D eigenvalue weighted by Gasteiger charge is -2.01. The van der Waals surface area contributed by atoms with Crippen molar-refractivity contribution in [1.29, 1.82) is 0 Å². The Hall–Kier alpha value is -1.88. The molecule has 0 saturated carbocycles. The third-order valence-electron chi connectivity index (χ3n) is 2.32. The second-order valence-corrected chi connectivity index (χ2v) is 3.95. The molecule has 1 aromatic carbocycles. The molecular formula is C11H9ClFN3O. The summed E-state index contributed by atoms with van der Waals surface area (Å²) in [5.74, 6) is -0.556. The molecule has 4 nitrogen and oxygen atoms in total. The number of anilines is 1. The molecule has 0 spiro atoms. The molecule has 0 amide bonds. The van der Waals surface area contributed by atoms with Gasteiger partial charge in [-0.05, 0) is 17.7 Å². The van der Waals surface area contributed by atoms with Crippen LogP contribution in [-0.2, 0) is 6.42 Å². The van der Waals surface area contributed by atoms with Crippen molar-refractivity contribution >= 4 is 23.2 Å². The number of carbonyl (C=O) groups is 1. The van der Waals surface area contributed by atoms with Gasteiger partial charge in [0.05, 0.1) is 16.8 Å². The number of H-pyrrole nitrogens is 1. The van der Waals surface area contributed by atoms with E-state index < -0.39 is 5.82 Å². The van der Waals surface area contributed by atoms with Crippen molar-refractivity contribution in [3.8, 4) is 0 Å². The first-order valence-electron chi connectivity index (χ1n) is 4.84. The number of aromatic nitrogens is 2. The Morgan fingerprint density at radius 1 is 1.53 bits per heavy atom.